The van der Waals surface area contributed by atoms with Crippen molar-refractivity contribution in [2.24, 2.45) is 5.92 Å². The summed E-state index contributed by atoms with van der Waals surface area (Å²) in [7, 11) is 0. The molecule has 1 aromatic carbocycles. The van der Waals surface area contributed by atoms with E-state index >= 15 is 0 Å². The van der Waals surface area contributed by atoms with E-state index in [0.29, 0.717) is 17.0 Å². The van der Waals surface area contributed by atoms with Gasteiger partial charge in [-0.05, 0) is 23.3 Å². The number of carboxylic acids is 1. The zero-order chi connectivity index (χ0) is 15.4. The summed E-state index contributed by atoms with van der Waals surface area (Å²) in [5.41, 5.74) is 1.08. The van der Waals surface area contributed by atoms with Crippen LogP contribution in [0.2, 0.25) is 0 Å². The number of rotatable bonds is 5. The molecule has 0 aliphatic carbocycles. The summed E-state index contributed by atoms with van der Waals surface area (Å²) < 4.78 is 0. The van der Waals surface area contributed by atoms with Crippen molar-refractivity contribution in [2.45, 2.75) is 19.9 Å². The number of benzene rings is 1. The van der Waals surface area contributed by atoms with E-state index < -0.39 is 17.9 Å². The Kier molecular flexibility index (Phi) is 4.27. The maximum absolute atomic E-state index is 12.0. The van der Waals surface area contributed by atoms with Crippen molar-refractivity contribution in [2.75, 3.05) is 0 Å². The highest BCUT2D eigenvalue weighted by Gasteiger charge is 2.23. The number of H-pyrrole nitrogens is 1. The Morgan fingerprint density at radius 1 is 1.24 bits per heavy atom. The molecule has 0 spiro atoms. The highest BCUT2D eigenvalue weighted by molar-refractivity contribution is 5.96. The first-order valence-electron chi connectivity index (χ1n) is 6.36. The Morgan fingerprint density at radius 3 is 2.38 bits per heavy atom. The molecule has 0 bridgehead atoms. The molecule has 0 aliphatic rings. The van der Waals surface area contributed by atoms with Crippen molar-refractivity contribution < 1.29 is 14.7 Å². The number of carbonyl (C=O) groups is 2. The highest BCUT2D eigenvalue weighted by Crippen LogP contribution is 2.14. The molecule has 0 saturated heterocycles. The fourth-order valence-corrected chi connectivity index (χ4v) is 1.79. The minimum absolute atomic E-state index is 0.204. The molecule has 2 rings (SSSR count). The van der Waals surface area contributed by atoms with Gasteiger partial charge in [0.2, 0.25) is 5.82 Å². The minimum Gasteiger partial charge on any atom is -0.480 e. The molecule has 8 heteroatoms. The van der Waals surface area contributed by atoms with Crippen molar-refractivity contribution in [1.82, 2.24) is 25.9 Å². The summed E-state index contributed by atoms with van der Waals surface area (Å²) in [6.45, 7) is 3.47. The van der Waals surface area contributed by atoms with Crippen LogP contribution in [0.4, 0.5) is 0 Å². The third-order valence-electron chi connectivity index (χ3n) is 2.97. The van der Waals surface area contributed by atoms with Gasteiger partial charge in [0.1, 0.15) is 6.04 Å². The molecule has 2 aromatic rings. The van der Waals surface area contributed by atoms with Crippen molar-refractivity contribution >= 4 is 11.9 Å². The Morgan fingerprint density at radius 2 is 1.90 bits per heavy atom. The van der Waals surface area contributed by atoms with Crippen LogP contribution in [0.5, 0.6) is 0 Å². The average molecular weight is 289 g/mol. The maximum Gasteiger partial charge on any atom is 0.326 e. The van der Waals surface area contributed by atoms with Gasteiger partial charge in [0.25, 0.3) is 5.91 Å². The average Bonchev–Trinajstić information content (AvgIpc) is 2.98. The first kappa shape index (κ1) is 14.6. The molecule has 0 aliphatic heterocycles. The van der Waals surface area contributed by atoms with Gasteiger partial charge in [0.15, 0.2) is 0 Å². The van der Waals surface area contributed by atoms with E-state index in [1.165, 1.54) is 0 Å². The number of aromatic amines is 1. The predicted octanol–water partition coefficient (Wildman–Crippen LogP) is 0.706. The van der Waals surface area contributed by atoms with Gasteiger partial charge in [-0.25, -0.2) is 4.79 Å². The van der Waals surface area contributed by atoms with E-state index in [1.54, 1.807) is 38.1 Å². The van der Waals surface area contributed by atoms with Crippen LogP contribution in [0.25, 0.3) is 11.4 Å². The Bertz CT molecular complexity index is 622. The number of nitrogens with zero attached hydrogens (tertiary/aromatic N) is 3. The molecule has 0 fully saturated rings. The van der Waals surface area contributed by atoms with E-state index in [9.17, 15) is 9.59 Å². The molecule has 1 atom stereocenters. The number of aliphatic carboxylic acids is 1. The third-order valence-corrected chi connectivity index (χ3v) is 2.97. The lowest BCUT2D eigenvalue weighted by atomic mass is 10.0. The van der Waals surface area contributed by atoms with Crippen LogP contribution in [0, 0.1) is 5.92 Å². The minimum atomic E-state index is -1.05. The number of aromatic nitrogens is 4. The summed E-state index contributed by atoms with van der Waals surface area (Å²) in [4.78, 5) is 23.1. The van der Waals surface area contributed by atoms with Gasteiger partial charge in [0.05, 0.1) is 0 Å². The second-order valence-corrected chi connectivity index (χ2v) is 4.85. The van der Waals surface area contributed by atoms with Gasteiger partial charge in [-0.2, -0.15) is 5.21 Å². The summed E-state index contributed by atoms with van der Waals surface area (Å²) >= 11 is 0. The third kappa shape index (κ3) is 3.41. The summed E-state index contributed by atoms with van der Waals surface area (Å²) in [5.74, 6) is -1.27. The molecule has 8 nitrogen and oxygen atoms in total. The fourth-order valence-electron chi connectivity index (χ4n) is 1.79. The Labute approximate surface area is 120 Å². The number of tetrazole rings is 1. The lowest BCUT2D eigenvalue weighted by Gasteiger charge is -2.17. The number of carbonyl (C=O) groups excluding carboxylic acids is 1. The van der Waals surface area contributed by atoms with Crippen molar-refractivity contribution in [3.05, 3.63) is 29.8 Å². The molecule has 110 valence electrons. The van der Waals surface area contributed by atoms with E-state index in [0.717, 1.165) is 0 Å². The first-order chi connectivity index (χ1) is 9.99. The molecule has 1 heterocycles. The van der Waals surface area contributed by atoms with Gasteiger partial charge in [0, 0.05) is 11.1 Å². The number of nitrogens with one attached hydrogen (secondary N) is 2. The summed E-state index contributed by atoms with van der Waals surface area (Å²) in [6, 6.07) is 5.59. The molecular weight excluding hydrogens is 274 g/mol. The molecular formula is C13H15N5O3. The van der Waals surface area contributed by atoms with Gasteiger partial charge in [-0.1, -0.05) is 26.0 Å². The SMILES string of the molecule is CC(C)[C@H](NC(=O)c1ccc(-c2nn[nH]n2)cc1)C(=O)O. The highest BCUT2D eigenvalue weighted by atomic mass is 16.4. The van der Waals surface area contributed by atoms with Gasteiger partial charge in [-0.3, -0.25) is 4.79 Å². The fraction of sp³-hybridized carbons (Fsp3) is 0.308. The van der Waals surface area contributed by atoms with Crippen LogP contribution in [0.3, 0.4) is 0 Å². The van der Waals surface area contributed by atoms with E-state index in [4.69, 9.17) is 5.11 Å². The van der Waals surface area contributed by atoms with E-state index in [2.05, 4.69) is 25.9 Å². The summed E-state index contributed by atoms with van der Waals surface area (Å²) in [6.07, 6.45) is 0. The smallest absolute Gasteiger partial charge is 0.326 e. The van der Waals surface area contributed by atoms with E-state index in [1.807, 2.05) is 0 Å². The number of hydrogen-bond donors (Lipinski definition) is 3. The lowest BCUT2D eigenvalue weighted by molar-refractivity contribution is -0.140. The van der Waals surface area contributed by atoms with Crippen molar-refractivity contribution in [1.29, 1.82) is 0 Å². The van der Waals surface area contributed by atoms with Crippen LogP contribution in [0.1, 0.15) is 24.2 Å². The monoisotopic (exact) mass is 289 g/mol. The quantitative estimate of drug-likeness (QED) is 0.745. The molecule has 0 saturated carbocycles. The Balaban J connectivity index is 2.11. The van der Waals surface area contributed by atoms with Gasteiger partial charge in [-0.15, -0.1) is 10.2 Å². The second kappa shape index (κ2) is 6.12. The van der Waals surface area contributed by atoms with Crippen LogP contribution in [0.15, 0.2) is 24.3 Å². The predicted molar refractivity (Wildman–Crippen MR) is 73.3 cm³/mol. The van der Waals surface area contributed by atoms with Crippen LogP contribution in [-0.4, -0.2) is 43.6 Å². The zero-order valence-electron chi connectivity index (χ0n) is 11.6. The van der Waals surface area contributed by atoms with Crippen LogP contribution >= 0.6 is 0 Å². The zero-order valence-corrected chi connectivity index (χ0v) is 11.6. The molecule has 21 heavy (non-hydrogen) atoms. The number of hydrogen-bond acceptors (Lipinski definition) is 5. The lowest BCUT2D eigenvalue weighted by Crippen LogP contribution is -2.44. The Hall–Kier alpha value is -2.77. The topological polar surface area (TPSA) is 121 Å². The number of amides is 1. The largest absolute Gasteiger partial charge is 0.480 e. The van der Waals surface area contributed by atoms with Gasteiger partial charge < -0.3 is 10.4 Å². The standard InChI is InChI=1S/C13H15N5O3/c1-7(2)10(13(20)21)14-12(19)9-5-3-8(4-6-9)11-15-17-18-16-11/h3-7,10H,1-2H3,(H,14,19)(H,20,21)(H,15,16,17,18)/t10-/m0/s1. The molecule has 0 unspecified atom stereocenters. The van der Waals surface area contributed by atoms with Crippen LogP contribution < -0.4 is 5.32 Å². The van der Waals surface area contributed by atoms with Crippen molar-refractivity contribution in [3.63, 3.8) is 0 Å². The van der Waals surface area contributed by atoms with E-state index in [-0.39, 0.29) is 5.92 Å². The summed E-state index contributed by atoms with van der Waals surface area (Å²) in [5, 5.41) is 25.0. The van der Waals surface area contributed by atoms with Gasteiger partial charge >= 0.3 is 5.97 Å². The van der Waals surface area contributed by atoms with Crippen LogP contribution in [-0.2, 0) is 4.79 Å². The molecule has 1 aromatic heterocycles. The normalized spacial score (nSPS) is 12.1. The maximum atomic E-state index is 12.0. The second-order valence-electron chi connectivity index (χ2n) is 4.85. The first-order valence-corrected chi connectivity index (χ1v) is 6.36. The number of carboxylic acid groups (broad SMARTS) is 1. The molecule has 1 amide bonds. The van der Waals surface area contributed by atoms with Crippen molar-refractivity contribution in [3.8, 4) is 11.4 Å². The molecule has 0 radical (unpaired) electrons. The molecule has 3 N–H and O–H groups in total.